The summed E-state index contributed by atoms with van der Waals surface area (Å²) in [6, 6.07) is 7.18. The molecule has 0 bridgehead atoms. The normalized spacial score (nSPS) is 12.8. The van der Waals surface area contributed by atoms with Crippen LogP contribution < -0.4 is 5.32 Å². The van der Waals surface area contributed by atoms with Gasteiger partial charge in [0.05, 0.1) is 46.4 Å². The first-order valence-electron chi connectivity index (χ1n) is 7.98. The molecule has 0 saturated heterocycles. The molecule has 0 aliphatic heterocycles. The SMILES string of the molecule is CCS(=O)(=O)c1ccc(C(CO)NC(=O)c2ccc3nc[nH]c3c2)nc1. The van der Waals surface area contributed by atoms with Gasteiger partial charge in [-0.15, -0.1) is 0 Å². The minimum Gasteiger partial charge on any atom is -0.394 e. The standard InChI is InChI=1S/C17H18N4O4S/c1-2-26(24,25)12-4-6-14(18-8-12)16(9-22)21-17(23)11-3-5-13-15(7-11)20-10-19-13/h3-8,10,16,22H,2,9H2,1H3,(H,19,20)(H,21,23). The summed E-state index contributed by atoms with van der Waals surface area (Å²) in [6.45, 7) is 1.18. The highest BCUT2D eigenvalue weighted by Crippen LogP contribution is 2.16. The van der Waals surface area contributed by atoms with Crippen LogP contribution in [-0.4, -0.2) is 46.7 Å². The van der Waals surface area contributed by atoms with E-state index in [1.54, 1.807) is 31.5 Å². The third-order valence-electron chi connectivity index (χ3n) is 4.03. The molecule has 136 valence electrons. The average molecular weight is 374 g/mol. The van der Waals surface area contributed by atoms with Crippen LogP contribution in [0, 0.1) is 0 Å². The molecule has 1 amide bonds. The summed E-state index contributed by atoms with van der Waals surface area (Å²) < 4.78 is 23.7. The number of imidazole rings is 1. The molecule has 0 radical (unpaired) electrons. The van der Waals surface area contributed by atoms with Crippen LogP contribution in [0.15, 0.2) is 47.8 Å². The van der Waals surface area contributed by atoms with E-state index in [1.165, 1.54) is 18.3 Å². The van der Waals surface area contributed by atoms with Crippen LogP contribution in [0.4, 0.5) is 0 Å². The number of amides is 1. The molecule has 1 unspecified atom stereocenters. The maximum atomic E-state index is 12.4. The van der Waals surface area contributed by atoms with Gasteiger partial charge in [-0.3, -0.25) is 9.78 Å². The lowest BCUT2D eigenvalue weighted by atomic mass is 10.1. The third-order valence-corrected chi connectivity index (χ3v) is 5.75. The Labute approximate surface area is 150 Å². The van der Waals surface area contributed by atoms with Gasteiger partial charge in [-0.1, -0.05) is 6.92 Å². The first-order valence-corrected chi connectivity index (χ1v) is 9.63. The monoisotopic (exact) mass is 374 g/mol. The number of carbonyl (C=O) groups excluding carboxylic acids is 1. The molecule has 1 atom stereocenters. The number of pyridine rings is 1. The Kier molecular flexibility index (Phi) is 5.01. The molecule has 3 aromatic rings. The molecule has 0 spiro atoms. The van der Waals surface area contributed by atoms with Gasteiger partial charge < -0.3 is 15.4 Å². The lowest BCUT2D eigenvalue weighted by molar-refractivity contribution is 0.0915. The molecular weight excluding hydrogens is 356 g/mol. The largest absolute Gasteiger partial charge is 0.394 e. The maximum Gasteiger partial charge on any atom is 0.251 e. The van der Waals surface area contributed by atoms with Crippen LogP contribution in [0.3, 0.4) is 0 Å². The van der Waals surface area contributed by atoms with E-state index >= 15 is 0 Å². The number of aliphatic hydroxyl groups excluding tert-OH is 1. The van der Waals surface area contributed by atoms with E-state index in [0.717, 1.165) is 11.0 Å². The molecule has 26 heavy (non-hydrogen) atoms. The maximum absolute atomic E-state index is 12.4. The Morgan fingerprint density at radius 1 is 1.27 bits per heavy atom. The van der Waals surface area contributed by atoms with Crippen molar-refractivity contribution >= 4 is 26.8 Å². The van der Waals surface area contributed by atoms with Crippen LogP contribution in [0.25, 0.3) is 11.0 Å². The van der Waals surface area contributed by atoms with Crippen LogP contribution >= 0.6 is 0 Å². The smallest absolute Gasteiger partial charge is 0.251 e. The van der Waals surface area contributed by atoms with Crippen molar-refractivity contribution in [2.75, 3.05) is 12.4 Å². The fourth-order valence-electron chi connectivity index (χ4n) is 2.48. The number of nitrogens with one attached hydrogen (secondary N) is 2. The van der Waals surface area contributed by atoms with Gasteiger partial charge in [-0.05, 0) is 30.3 Å². The highest BCUT2D eigenvalue weighted by Gasteiger charge is 2.18. The quantitative estimate of drug-likeness (QED) is 0.596. The predicted molar refractivity (Wildman–Crippen MR) is 95.4 cm³/mol. The zero-order valence-electron chi connectivity index (χ0n) is 14.0. The summed E-state index contributed by atoms with van der Waals surface area (Å²) in [7, 11) is -3.35. The Morgan fingerprint density at radius 2 is 2.08 bits per heavy atom. The highest BCUT2D eigenvalue weighted by atomic mass is 32.2. The second-order valence-corrected chi connectivity index (χ2v) is 7.94. The van der Waals surface area contributed by atoms with E-state index in [9.17, 15) is 18.3 Å². The topological polar surface area (TPSA) is 125 Å². The van der Waals surface area contributed by atoms with Crippen molar-refractivity contribution in [2.45, 2.75) is 17.9 Å². The number of rotatable bonds is 6. The number of sulfone groups is 1. The second kappa shape index (κ2) is 7.22. The number of aliphatic hydroxyl groups is 1. The summed E-state index contributed by atoms with van der Waals surface area (Å²) in [5, 5.41) is 12.3. The number of fused-ring (bicyclic) bond motifs is 1. The zero-order chi connectivity index (χ0) is 18.7. The number of aromatic amines is 1. The van der Waals surface area contributed by atoms with Crippen LogP contribution in [0.1, 0.15) is 29.0 Å². The molecule has 2 aromatic heterocycles. The van der Waals surface area contributed by atoms with Crippen molar-refractivity contribution in [2.24, 2.45) is 0 Å². The molecule has 1 aromatic carbocycles. The van der Waals surface area contributed by atoms with E-state index in [1.807, 2.05) is 0 Å². The molecule has 9 heteroatoms. The van der Waals surface area contributed by atoms with Gasteiger partial charge in [0.2, 0.25) is 0 Å². The highest BCUT2D eigenvalue weighted by molar-refractivity contribution is 7.91. The second-order valence-electron chi connectivity index (χ2n) is 5.67. The van der Waals surface area contributed by atoms with Gasteiger partial charge in [-0.2, -0.15) is 0 Å². The Morgan fingerprint density at radius 3 is 2.73 bits per heavy atom. The van der Waals surface area contributed by atoms with E-state index < -0.39 is 15.9 Å². The van der Waals surface area contributed by atoms with E-state index in [-0.39, 0.29) is 23.2 Å². The molecule has 0 fully saturated rings. The minimum atomic E-state index is -3.35. The molecule has 0 saturated carbocycles. The van der Waals surface area contributed by atoms with E-state index in [4.69, 9.17) is 0 Å². The minimum absolute atomic E-state index is 0.0235. The van der Waals surface area contributed by atoms with Gasteiger partial charge in [0, 0.05) is 11.8 Å². The van der Waals surface area contributed by atoms with Crippen LogP contribution in [-0.2, 0) is 9.84 Å². The van der Waals surface area contributed by atoms with Crippen molar-refractivity contribution in [1.29, 1.82) is 0 Å². The summed E-state index contributed by atoms with van der Waals surface area (Å²) >= 11 is 0. The lowest BCUT2D eigenvalue weighted by Crippen LogP contribution is -2.31. The molecule has 0 aliphatic rings. The number of H-pyrrole nitrogens is 1. The molecule has 2 heterocycles. The van der Waals surface area contributed by atoms with Gasteiger partial charge in [-0.25, -0.2) is 13.4 Å². The molecule has 0 aliphatic carbocycles. The van der Waals surface area contributed by atoms with Gasteiger partial charge in [0.1, 0.15) is 0 Å². The Bertz CT molecular complexity index is 1030. The van der Waals surface area contributed by atoms with Crippen molar-refractivity contribution in [3.8, 4) is 0 Å². The lowest BCUT2D eigenvalue weighted by Gasteiger charge is -2.16. The zero-order valence-corrected chi connectivity index (χ0v) is 14.8. The van der Waals surface area contributed by atoms with Crippen molar-refractivity contribution < 1.29 is 18.3 Å². The summed E-state index contributed by atoms with van der Waals surface area (Å²) in [5.41, 5.74) is 2.25. The predicted octanol–water partition coefficient (Wildman–Crippen LogP) is 1.21. The fourth-order valence-corrected chi connectivity index (χ4v) is 3.30. The molecular formula is C17H18N4O4S. The first kappa shape index (κ1) is 18.0. The van der Waals surface area contributed by atoms with Crippen molar-refractivity contribution in [3.63, 3.8) is 0 Å². The average Bonchev–Trinajstić information content (AvgIpc) is 3.13. The fraction of sp³-hybridized carbons (Fsp3) is 0.235. The number of aromatic nitrogens is 3. The van der Waals surface area contributed by atoms with Crippen LogP contribution in [0.5, 0.6) is 0 Å². The summed E-state index contributed by atoms with van der Waals surface area (Å²) in [4.78, 5) is 23.7. The Balaban J connectivity index is 1.79. The number of hydrogen-bond donors (Lipinski definition) is 3. The number of benzene rings is 1. The Hall–Kier alpha value is -2.78. The van der Waals surface area contributed by atoms with Gasteiger partial charge in [0.25, 0.3) is 5.91 Å². The number of hydrogen-bond acceptors (Lipinski definition) is 6. The molecule has 3 N–H and O–H groups in total. The van der Waals surface area contributed by atoms with Crippen LogP contribution in [0.2, 0.25) is 0 Å². The molecule has 8 nitrogen and oxygen atoms in total. The summed E-state index contributed by atoms with van der Waals surface area (Å²) in [6.07, 6.45) is 2.78. The first-order chi connectivity index (χ1) is 12.4. The summed E-state index contributed by atoms with van der Waals surface area (Å²) in [5.74, 6) is -0.405. The number of carbonyl (C=O) groups is 1. The third kappa shape index (κ3) is 3.58. The van der Waals surface area contributed by atoms with Gasteiger partial charge >= 0.3 is 0 Å². The molecule has 3 rings (SSSR count). The van der Waals surface area contributed by atoms with Gasteiger partial charge in [0.15, 0.2) is 9.84 Å². The van der Waals surface area contributed by atoms with E-state index in [0.29, 0.717) is 11.3 Å². The van der Waals surface area contributed by atoms with Crippen molar-refractivity contribution in [1.82, 2.24) is 20.3 Å². The van der Waals surface area contributed by atoms with Crippen molar-refractivity contribution in [3.05, 3.63) is 54.1 Å². The number of nitrogens with zero attached hydrogens (tertiary/aromatic N) is 2. The van der Waals surface area contributed by atoms with E-state index in [2.05, 4.69) is 20.3 Å².